The minimum absolute atomic E-state index is 0.0335. The highest BCUT2D eigenvalue weighted by Gasteiger charge is 2.43. The maximum Gasteiger partial charge on any atom is 0.419 e. The van der Waals surface area contributed by atoms with Gasteiger partial charge in [0.2, 0.25) is 0 Å². The van der Waals surface area contributed by atoms with E-state index < -0.39 is 45.7 Å². The molecule has 0 spiro atoms. The number of amides is 2. The van der Waals surface area contributed by atoms with Crippen LogP contribution < -0.4 is 4.90 Å². The van der Waals surface area contributed by atoms with Gasteiger partial charge in [-0.2, -0.15) is 13.2 Å². The number of nitrogens with zero attached hydrogens (tertiary/aromatic N) is 2. The molecule has 6 nitrogen and oxygen atoms in total. The topological polar surface area (TPSA) is 80.5 Å². The molecule has 0 fully saturated rings. The highest BCUT2D eigenvalue weighted by molar-refractivity contribution is 6.35. The lowest BCUT2D eigenvalue weighted by Crippen LogP contribution is -2.30. The molecule has 10 heteroatoms. The number of fused-ring (bicyclic) bond motifs is 1. The number of nitro groups is 1. The molecule has 1 aliphatic heterocycles. The van der Waals surface area contributed by atoms with Gasteiger partial charge in [0, 0.05) is 12.1 Å². The van der Waals surface area contributed by atoms with Crippen LogP contribution >= 0.6 is 0 Å². The standard InChI is InChI=1S/C15H6F4N2O4/c16-10-6-11(12(21(24)25)5-9(10)15(17,18)19)20-13(22)7-3-1-2-4-8(7)14(20)23/h1-6H. The van der Waals surface area contributed by atoms with E-state index in [0.717, 1.165) is 0 Å². The van der Waals surface area contributed by atoms with Crippen molar-refractivity contribution in [2.75, 3.05) is 4.90 Å². The van der Waals surface area contributed by atoms with Crippen molar-refractivity contribution in [1.29, 1.82) is 0 Å². The van der Waals surface area contributed by atoms with Gasteiger partial charge in [0.25, 0.3) is 17.5 Å². The third-order valence-corrected chi connectivity index (χ3v) is 3.60. The summed E-state index contributed by atoms with van der Waals surface area (Å²) in [6.45, 7) is 0. The lowest BCUT2D eigenvalue weighted by Gasteiger charge is -2.16. The van der Waals surface area contributed by atoms with Crippen molar-refractivity contribution in [3.05, 3.63) is 69.0 Å². The molecule has 1 aliphatic rings. The molecule has 0 atom stereocenters. The lowest BCUT2D eigenvalue weighted by atomic mass is 10.1. The molecule has 0 radical (unpaired) electrons. The summed E-state index contributed by atoms with van der Waals surface area (Å²) in [5, 5.41) is 11.1. The molecule has 25 heavy (non-hydrogen) atoms. The van der Waals surface area contributed by atoms with Gasteiger partial charge < -0.3 is 0 Å². The number of halogens is 4. The van der Waals surface area contributed by atoms with E-state index >= 15 is 0 Å². The number of benzene rings is 2. The zero-order chi connectivity index (χ0) is 18.5. The van der Waals surface area contributed by atoms with Crippen LogP contribution in [0.5, 0.6) is 0 Å². The second-order valence-corrected chi connectivity index (χ2v) is 5.07. The second-order valence-electron chi connectivity index (χ2n) is 5.07. The van der Waals surface area contributed by atoms with Crippen molar-refractivity contribution in [1.82, 2.24) is 0 Å². The Morgan fingerprint density at radius 2 is 1.52 bits per heavy atom. The van der Waals surface area contributed by atoms with Gasteiger partial charge in [-0.15, -0.1) is 0 Å². The summed E-state index contributed by atoms with van der Waals surface area (Å²) in [7, 11) is 0. The molecule has 2 amide bonds. The minimum atomic E-state index is -5.17. The Bertz CT molecular complexity index is 905. The first kappa shape index (κ1) is 16.6. The van der Waals surface area contributed by atoms with Crippen molar-refractivity contribution < 1.29 is 32.1 Å². The van der Waals surface area contributed by atoms with Gasteiger partial charge in [-0.3, -0.25) is 19.7 Å². The van der Waals surface area contributed by atoms with E-state index in [1.54, 1.807) is 0 Å². The van der Waals surface area contributed by atoms with Gasteiger partial charge >= 0.3 is 6.18 Å². The molecule has 0 unspecified atom stereocenters. The molecule has 0 aliphatic carbocycles. The van der Waals surface area contributed by atoms with E-state index in [9.17, 15) is 37.3 Å². The van der Waals surface area contributed by atoms with E-state index in [0.29, 0.717) is 4.90 Å². The maximum absolute atomic E-state index is 13.8. The van der Waals surface area contributed by atoms with Crippen LogP contribution in [0, 0.1) is 15.9 Å². The molecule has 2 aromatic carbocycles. The SMILES string of the molecule is O=C1c2ccccc2C(=O)N1c1cc(F)c(C(F)(F)F)cc1[N+](=O)[O-]. The van der Waals surface area contributed by atoms with Crippen molar-refractivity contribution in [2.24, 2.45) is 0 Å². The van der Waals surface area contributed by atoms with Crippen molar-refractivity contribution in [2.45, 2.75) is 6.18 Å². The number of hydrogen-bond donors (Lipinski definition) is 0. The highest BCUT2D eigenvalue weighted by Crippen LogP contribution is 2.40. The molecule has 0 N–H and O–H groups in total. The Hall–Kier alpha value is -3.30. The Morgan fingerprint density at radius 3 is 1.96 bits per heavy atom. The normalized spacial score (nSPS) is 14.0. The summed E-state index contributed by atoms with van der Waals surface area (Å²) < 4.78 is 52.1. The van der Waals surface area contributed by atoms with Crippen LogP contribution in [0.3, 0.4) is 0 Å². The number of carbonyl (C=O) groups is 2. The smallest absolute Gasteiger partial charge is 0.268 e. The first-order valence-corrected chi connectivity index (χ1v) is 6.66. The van der Waals surface area contributed by atoms with E-state index in [-0.39, 0.29) is 23.3 Å². The predicted molar refractivity (Wildman–Crippen MR) is 75.6 cm³/mol. The molecule has 1 heterocycles. The van der Waals surface area contributed by atoms with Gasteiger partial charge in [-0.25, -0.2) is 9.29 Å². The predicted octanol–water partition coefficient (Wildman–Crippen LogP) is 3.55. The van der Waals surface area contributed by atoms with Crippen LogP contribution in [0.1, 0.15) is 26.3 Å². The number of hydrogen-bond acceptors (Lipinski definition) is 4. The van der Waals surface area contributed by atoms with Crippen LogP contribution in [0.15, 0.2) is 36.4 Å². The van der Waals surface area contributed by atoms with Gasteiger partial charge in [-0.1, -0.05) is 12.1 Å². The van der Waals surface area contributed by atoms with Crippen molar-refractivity contribution >= 4 is 23.2 Å². The summed E-state index contributed by atoms with van der Waals surface area (Å²) in [4.78, 5) is 34.8. The van der Waals surface area contributed by atoms with Gasteiger partial charge in [0.05, 0.1) is 21.6 Å². The zero-order valence-electron chi connectivity index (χ0n) is 12.0. The zero-order valence-corrected chi connectivity index (χ0v) is 12.0. The van der Waals surface area contributed by atoms with E-state index in [2.05, 4.69) is 0 Å². The molecule has 0 saturated carbocycles. The largest absolute Gasteiger partial charge is 0.419 e. The van der Waals surface area contributed by atoms with Crippen LogP contribution in [-0.2, 0) is 6.18 Å². The van der Waals surface area contributed by atoms with Gasteiger partial charge in [0.15, 0.2) is 0 Å². The van der Waals surface area contributed by atoms with E-state index in [1.165, 1.54) is 24.3 Å². The summed E-state index contributed by atoms with van der Waals surface area (Å²) in [5.41, 5.74) is -4.09. The van der Waals surface area contributed by atoms with Gasteiger partial charge in [-0.05, 0) is 12.1 Å². The number of anilines is 1. The highest BCUT2D eigenvalue weighted by atomic mass is 19.4. The molecule has 0 aromatic heterocycles. The van der Waals surface area contributed by atoms with Crippen LogP contribution in [0.4, 0.5) is 28.9 Å². The molecular formula is C15H6F4N2O4. The van der Waals surface area contributed by atoms with Crippen LogP contribution in [-0.4, -0.2) is 16.7 Å². The molecule has 0 bridgehead atoms. The van der Waals surface area contributed by atoms with Crippen LogP contribution in [0.25, 0.3) is 0 Å². The minimum Gasteiger partial charge on any atom is -0.268 e. The quantitative estimate of drug-likeness (QED) is 0.357. The molecular weight excluding hydrogens is 348 g/mol. The maximum atomic E-state index is 13.8. The fourth-order valence-corrected chi connectivity index (χ4v) is 2.50. The third-order valence-electron chi connectivity index (χ3n) is 3.60. The Morgan fingerprint density at radius 1 is 1.00 bits per heavy atom. The number of imide groups is 1. The second kappa shape index (κ2) is 5.36. The summed E-state index contributed by atoms with van der Waals surface area (Å²) in [5.74, 6) is -3.80. The van der Waals surface area contributed by atoms with Crippen molar-refractivity contribution in [3.63, 3.8) is 0 Å². The summed E-state index contributed by atoms with van der Waals surface area (Å²) in [6.07, 6.45) is -5.17. The number of rotatable bonds is 2. The summed E-state index contributed by atoms with van der Waals surface area (Å²) >= 11 is 0. The lowest BCUT2D eigenvalue weighted by molar-refractivity contribution is -0.384. The Labute approximate surface area is 136 Å². The summed E-state index contributed by atoms with van der Waals surface area (Å²) in [6, 6.07) is 5.57. The number of nitro benzene ring substituents is 1. The molecule has 0 saturated heterocycles. The number of carbonyl (C=O) groups excluding carboxylic acids is 2. The third kappa shape index (κ3) is 2.51. The Balaban J connectivity index is 2.22. The van der Waals surface area contributed by atoms with Crippen molar-refractivity contribution in [3.8, 4) is 0 Å². The first-order chi connectivity index (χ1) is 11.6. The molecule has 3 rings (SSSR count). The van der Waals surface area contributed by atoms with E-state index in [4.69, 9.17) is 0 Å². The van der Waals surface area contributed by atoms with Gasteiger partial charge in [0.1, 0.15) is 11.5 Å². The van der Waals surface area contributed by atoms with Crippen LogP contribution in [0.2, 0.25) is 0 Å². The molecule has 128 valence electrons. The monoisotopic (exact) mass is 354 g/mol. The first-order valence-electron chi connectivity index (χ1n) is 6.66. The fourth-order valence-electron chi connectivity index (χ4n) is 2.50. The average molecular weight is 354 g/mol. The molecule has 2 aromatic rings. The fraction of sp³-hybridized carbons (Fsp3) is 0.0667. The number of alkyl halides is 3. The average Bonchev–Trinajstić information content (AvgIpc) is 2.77. The van der Waals surface area contributed by atoms with E-state index in [1.807, 2.05) is 0 Å². The Kier molecular flexibility index (Phi) is 3.55.